The Balaban J connectivity index is 2.42. The Morgan fingerprint density at radius 3 is 2.86 bits per heavy atom. The molecule has 0 amide bonds. The second kappa shape index (κ2) is 3.45. The largest absolute Gasteiger partial charge is 0.356 e. The number of hydrogen-bond donors (Lipinski definition) is 0. The lowest BCUT2D eigenvalue weighted by Gasteiger charge is -2.03. The molecule has 0 radical (unpaired) electrons. The van der Waals surface area contributed by atoms with Gasteiger partial charge < -0.3 is 4.52 Å². The van der Waals surface area contributed by atoms with Gasteiger partial charge in [-0.3, -0.25) is 0 Å². The van der Waals surface area contributed by atoms with Gasteiger partial charge in [-0.2, -0.15) is 0 Å². The van der Waals surface area contributed by atoms with Crippen LogP contribution in [0.2, 0.25) is 0 Å². The molecular formula is C12H15NO. The maximum Gasteiger partial charge on any atom is 0.167 e. The van der Waals surface area contributed by atoms with Gasteiger partial charge in [-0.1, -0.05) is 25.1 Å². The van der Waals surface area contributed by atoms with E-state index in [1.807, 2.05) is 6.92 Å². The van der Waals surface area contributed by atoms with E-state index in [0.29, 0.717) is 5.92 Å². The molecule has 0 spiro atoms. The number of nitrogens with zero attached hydrogens (tertiary/aromatic N) is 1. The summed E-state index contributed by atoms with van der Waals surface area (Å²) in [5, 5.41) is 5.06. The van der Waals surface area contributed by atoms with E-state index in [9.17, 15) is 0 Å². The first-order valence-electron chi connectivity index (χ1n) is 5.01. The number of rotatable bonds is 2. The van der Waals surface area contributed by atoms with E-state index in [0.717, 1.165) is 23.1 Å². The van der Waals surface area contributed by atoms with Crippen LogP contribution in [0.25, 0.3) is 11.0 Å². The molecule has 0 fully saturated rings. The van der Waals surface area contributed by atoms with Crippen molar-refractivity contribution in [1.82, 2.24) is 5.16 Å². The first kappa shape index (κ1) is 9.25. The molecule has 2 heteroatoms. The molecule has 0 saturated carbocycles. The fourth-order valence-corrected chi connectivity index (χ4v) is 1.71. The molecule has 0 atom stereocenters. The Morgan fingerprint density at radius 1 is 1.36 bits per heavy atom. The van der Waals surface area contributed by atoms with Crippen LogP contribution in [-0.4, -0.2) is 5.16 Å². The van der Waals surface area contributed by atoms with Crippen molar-refractivity contribution in [2.45, 2.75) is 27.2 Å². The number of hydrogen-bond acceptors (Lipinski definition) is 2. The van der Waals surface area contributed by atoms with Gasteiger partial charge in [0.05, 0.1) is 5.69 Å². The van der Waals surface area contributed by atoms with Crippen molar-refractivity contribution in [2.75, 3.05) is 0 Å². The van der Waals surface area contributed by atoms with Crippen LogP contribution < -0.4 is 0 Å². The molecule has 0 aliphatic carbocycles. The minimum absolute atomic E-state index is 0.677. The third-order valence-corrected chi connectivity index (χ3v) is 2.36. The van der Waals surface area contributed by atoms with Crippen molar-refractivity contribution in [3.8, 4) is 0 Å². The molecule has 14 heavy (non-hydrogen) atoms. The fraction of sp³-hybridized carbons (Fsp3) is 0.417. The zero-order valence-electron chi connectivity index (χ0n) is 8.87. The molecule has 2 rings (SSSR count). The van der Waals surface area contributed by atoms with E-state index >= 15 is 0 Å². The molecule has 0 aliphatic heterocycles. The number of benzene rings is 1. The summed E-state index contributed by atoms with van der Waals surface area (Å²) in [5.74, 6) is 0.677. The Morgan fingerprint density at radius 2 is 2.14 bits per heavy atom. The Bertz CT molecular complexity index is 443. The zero-order valence-corrected chi connectivity index (χ0v) is 8.87. The molecule has 0 bridgehead atoms. The normalized spacial score (nSPS) is 11.4. The summed E-state index contributed by atoms with van der Waals surface area (Å²) < 4.78 is 5.22. The summed E-state index contributed by atoms with van der Waals surface area (Å²) in [5.41, 5.74) is 3.19. The third-order valence-electron chi connectivity index (χ3n) is 2.36. The molecule has 0 unspecified atom stereocenters. The highest BCUT2D eigenvalue weighted by Gasteiger charge is 2.05. The maximum absolute atomic E-state index is 5.22. The lowest BCUT2D eigenvalue weighted by Crippen LogP contribution is -1.92. The van der Waals surface area contributed by atoms with Crippen molar-refractivity contribution in [1.29, 1.82) is 0 Å². The Hall–Kier alpha value is -1.31. The minimum Gasteiger partial charge on any atom is -0.356 e. The molecular weight excluding hydrogens is 174 g/mol. The third kappa shape index (κ3) is 1.65. The van der Waals surface area contributed by atoms with Crippen LogP contribution in [0.5, 0.6) is 0 Å². The highest BCUT2D eigenvalue weighted by molar-refractivity contribution is 5.79. The Labute approximate surface area is 83.9 Å². The van der Waals surface area contributed by atoms with Crippen LogP contribution in [0.15, 0.2) is 22.7 Å². The van der Waals surface area contributed by atoms with Crippen molar-refractivity contribution in [3.05, 3.63) is 29.5 Å². The first-order chi connectivity index (χ1) is 6.66. The monoisotopic (exact) mass is 189 g/mol. The molecule has 1 aromatic carbocycles. The standard InChI is InChI=1S/C12H15NO/c1-8(2)6-10-4-5-11-9(3)13-14-12(11)7-10/h4-5,7-8H,6H2,1-3H3. The van der Waals surface area contributed by atoms with Crippen molar-refractivity contribution < 1.29 is 4.52 Å². The quantitative estimate of drug-likeness (QED) is 0.724. The van der Waals surface area contributed by atoms with E-state index in [1.54, 1.807) is 0 Å². The zero-order chi connectivity index (χ0) is 10.1. The molecule has 2 aromatic rings. The van der Waals surface area contributed by atoms with Crippen LogP contribution >= 0.6 is 0 Å². The van der Waals surface area contributed by atoms with Gasteiger partial charge in [0, 0.05) is 5.39 Å². The van der Waals surface area contributed by atoms with Gasteiger partial charge in [0.2, 0.25) is 0 Å². The van der Waals surface area contributed by atoms with Crippen molar-refractivity contribution >= 4 is 11.0 Å². The SMILES string of the molecule is Cc1noc2cc(CC(C)C)ccc12. The van der Waals surface area contributed by atoms with E-state index < -0.39 is 0 Å². The molecule has 0 N–H and O–H groups in total. The molecule has 1 heterocycles. The lowest BCUT2D eigenvalue weighted by molar-refractivity contribution is 0.450. The average Bonchev–Trinajstić information content (AvgIpc) is 2.46. The maximum atomic E-state index is 5.22. The summed E-state index contributed by atoms with van der Waals surface area (Å²) >= 11 is 0. The molecule has 1 aromatic heterocycles. The highest BCUT2D eigenvalue weighted by atomic mass is 16.5. The van der Waals surface area contributed by atoms with Crippen LogP contribution in [0.3, 0.4) is 0 Å². The topological polar surface area (TPSA) is 26.0 Å². The molecule has 0 saturated heterocycles. The van der Waals surface area contributed by atoms with Crippen molar-refractivity contribution in [2.24, 2.45) is 5.92 Å². The first-order valence-corrected chi connectivity index (χ1v) is 5.01. The van der Waals surface area contributed by atoms with Gasteiger partial charge in [0.25, 0.3) is 0 Å². The number of aryl methyl sites for hydroxylation is 1. The second-order valence-electron chi connectivity index (χ2n) is 4.20. The highest BCUT2D eigenvalue weighted by Crippen LogP contribution is 2.20. The van der Waals surface area contributed by atoms with Crippen LogP contribution in [0, 0.1) is 12.8 Å². The van der Waals surface area contributed by atoms with Gasteiger partial charge in [-0.05, 0) is 37.0 Å². The van der Waals surface area contributed by atoms with Gasteiger partial charge in [-0.25, -0.2) is 0 Å². The summed E-state index contributed by atoms with van der Waals surface area (Å²) in [6, 6.07) is 6.35. The van der Waals surface area contributed by atoms with E-state index in [4.69, 9.17) is 4.52 Å². The number of fused-ring (bicyclic) bond motifs is 1. The smallest absolute Gasteiger partial charge is 0.167 e. The van der Waals surface area contributed by atoms with Crippen molar-refractivity contribution in [3.63, 3.8) is 0 Å². The summed E-state index contributed by atoms with van der Waals surface area (Å²) in [4.78, 5) is 0. The predicted octanol–water partition coefficient (Wildman–Crippen LogP) is 3.33. The van der Waals surface area contributed by atoms with Gasteiger partial charge >= 0.3 is 0 Å². The lowest BCUT2D eigenvalue weighted by atomic mass is 10.0. The van der Waals surface area contributed by atoms with E-state index in [1.165, 1.54) is 5.56 Å². The average molecular weight is 189 g/mol. The summed E-state index contributed by atoms with van der Waals surface area (Å²) in [6.07, 6.45) is 1.09. The predicted molar refractivity (Wildman–Crippen MR) is 57.3 cm³/mol. The summed E-state index contributed by atoms with van der Waals surface area (Å²) in [6.45, 7) is 6.40. The van der Waals surface area contributed by atoms with Crippen LogP contribution in [-0.2, 0) is 6.42 Å². The molecule has 74 valence electrons. The van der Waals surface area contributed by atoms with Gasteiger partial charge in [-0.15, -0.1) is 0 Å². The number of aromatic nitrogens is 1. The van der Waals surface area contributed by atoms with E-state index in [-0.39, 0.29) is 0 Å². The van der Waals surface area contributed by atoms with Gasteiger partial charge in [0.1, 0.15) is 0 Å². The van der Waals surface area contributed by atoms with Gasteiger partial charge in [0.15, 0.2) is 5.58 Å². The Kier molecular flexibility index (Phi) is 2.28. The second-order valence-corrected chi connectivity index (χ2v) is 4.20. The fourth-order valence-electron chi connectivity index (χ4n) is 1.71. The summed E-state index contributed by atoms with van der Waals surface area (Å²) in [7, 11) is 0. The van der Waals surface area contributed by atoms with E-state index in [2.05, 4.69) is 37.2 Å². The molecule has 0 aliphatic rings. The minimum atomic E-state index is 0.677. The van der Waals surface area contributed by atoms with Crippen LogP contribution in [0.4, 0.5) is 0 Å². The molecule has 2 nitrogen and oxygen atoms in total. The van der Waals surface area contributed by atoms with Crippen LogP contribution in [0.1, 0.15) is 25.1 Å².